The van der Waals surface area contributed by atoms with E-state index in [4.69, 9.17) is 17.5 Å². The molecule has 6 saturated carbocycles. The maximum Gasteiger partial charge on any atom is 0.397 e. The number of carbonyl (C=O) groups is 2. The van der Waals surface area contributed by atoms with Crippen molar-refractivity contribution in [2.45, 2.75) is 143 Å². The minimum atomic E-state index is -4.40. The van der Waals surface area contributed by atoms with Gasteiger partial charge in [-0.25, -0.2) is 8.37 Å². The Morgan fingerprint density at radius 1 is 0.560 bits per heavy atom. The van der Waals surface area contributed by atoms with Crippen LogP contribution in [0.2, 0.25) is 0 Å². The standard InChI is InChI=1S/2C19H28O5S/c2*1-18-9-7-13(24-25(21,22)23)11-12(18)3-4-14-15-5-6-17(20)19(15,2)10-8-16(14)18/h2*3,13-16H,4-11H2,1-2H3,(H,21,22,23)/t13-,14?,15?,16?,18-,19-;13-,14-,15-,16-,18-,19-/m00/s1. The van der Waals surface area contributed by atoms with Gasteiger partial charge < -0.3 is 0 Å². The molecule has 0 aromatic heterocycles. The van der Waals surface area contributed by atoms with Gasteiger partial charge in [-0.05, 0) is 136 Å². The molecule has 0 spiro atoms. The van der Waals surface area contributed by atoms with Crippen LogP contribution < -0.4 is 0 Å². The van der Waals surface area contributed by atoms with Gasteiger partial charge in [-0.15, -0.1) is 0 Å². The molecule has 8 aliphatic rings. The van der Waals surface area contributed by atoms with E-state index in [1.54, 1.807) is 0 Å². The van der Waals surface area contributed by atoms with Crippen LogP contribution in [0.4, 0.5) is 0 Å². The van der Waals surface area contributed by atoms with E-state index in [-0.39, 0.29) is 21.7 Å². The summed E-state index contributed by atoms with van der Waals surface area (Å²) in [4.78, 5) is 24.9. The van der Waals surface area contributed by atoms with Crippen LogP contribution in [0.25, 0.3) is 0 Å². The molecule has 2 N–H and O–H groups in total. The Morgan fingerprint density at radius 2 is 0.900 bits per heavy atom. The average Bonchev–Trinajstić information content (AvgIpc) is 3.50. The summed E-state index contributed by atoms with van der Waals surface area (Å²) in [5.74, 6) is 4.20. The van der Waals surface area contributed by atoms with E-state index in [1.807, 2.05) is 0 Å². The Kier molecular flexibility index (Phi) is 9.28. The van der Waals surface area contributed by atoms with E-state index in [0.29, 0.717) is 72.8 Å². The van der Waals surface area contributed by atoms with Crippen LogP contribution in [0.15, 0.2) is 23.3 Å². The molecule has 8 rings (SSSR count). The van der Waals surface area contributed by atoms with Crippen LogP contribution >= 0.6 is 0 Å². The van der Waals surface area contributed by atoms with Crippen molar-refractivity contribution in [2.24, 2.45) is 57.2 Å². The molecule has 10 nitrogen and oxygen atoms in total. The molecule has 280 valence electrons. The summed E-state index contributed by atoms with van der Waals surface area (Å²) in [6, 6.07) is 0. The monoisotopic (exact) mass is 736 g/mol. The van der Waals surface area contributed by atoms with Crippen LogP contribution in [-0.4, -0.2) is 49.7 Å². The van der Waals surface area contributed by atoms with E-state index < -0.39 is 33.0 Å². The number of hydrogen-bond donors (Lipinski definition) is 2. The lowest BCUT2D eigenvalue weighted by atomic mass is 9.48. The van der Waals surface area contributed by atoms with Gasteiger partial charge in [0.05, 0.1) is 12.2 Å². The van der Waals surface area contributed by atoms with Crippen LogP contribution in [0, 0.1) is 57.2 Å². The molecule has 0 aromatic carbocycles. The first kappa shape index (κ1) is 36.9. The largest absolute Gasteiger partial charge is 0.397 e. The summed E-state index contributed by atoms with van der Waals surface area (Å²) in [5, 5.41) is 0. The predicted octanol–water partition coefficient (Wildman–Crippen LogP) is 7.41. The van der Waals surface area contributed by atoms with Gasteiger partial charge in [-0.3, -0.25) is 18.7 Å². The highest BCUT2D eigenvalue weighted by Gasteiger charge is 2.60. The van der Waals surface area contributed by atoms with Gasteiger partial charge in [0.15, 0.2) is 0 Å². The molecular weight excluding hydrogens is 681 g/mol. The fourth-order valence-corrected chi connectivity index (χ4v) is 14.3. The zero-order chi connectivity index (χ0) is 36.1. The zero-order valence-electron chi connectivity index (χ0n) is 30.1. The van der Waals surface area contributed by atoms with Gasteiger partial charge in [-0.2, -0.15) is 16.8 Å². The normalized spacial score (nSPS) is 46.8. The van der Waals surface area contributed by atoms with E-state index in [1.165, 1.54) is 11.1 Å². The maximum atomic E-state index is 12.4. The highest BCUT2D eigenvalue weighted by Crippen LogP contribution is 2.65. The number of carbonyl (C=O) groups excluding carboxylic acids is 2. The molecule has 0 saturated heterocycles. The molecular formula is C38H56O10S2. The van der Waals surface area contributed by atoms with Crippen LogP contribution in [0.1, 0.15) is 130 Å². The van der Waals surface area contributed by atoms with Crippen molar-refractivity contribution in [3.8, 4) is 0 Å². The second-order valence-electron chi connectivity index (χ2n) is 18.1. The van der Waals surface area contributed by atoms with Gasteiger partial charge >= 0.3 is 20.8 Å². The highest BCUT2D eigenvalue weighted by atomic mass is 32.3. The average molecular weight is 737 g/mol. The lowest BCUT2D eigenvalue weighted by Gasteiger charge is -2.56. The molecule has 0 amide bonds. The number of rotatable bonds is 4. The quantitative estimate of drug-likeness (QED) is 0.220. The molecule has 0 heterocycles. The van der Waals surface area contributed by atoms with Crippen molar-refractivity contribution in [3.05, 3.63) is 23.3 Å². The highest BCUT2D eigenvalue weighted by molar-refractivity contribution is 7.81. The van der Waals surface area contributed by atoms with E-state index in [9.17, 15) is 26.4 Å². The molecule has 12 heteroatoms. The Morgan fingerprint density at radius 3 is 1.26 bits per heavy atom. The van der Waals surface area contributed by atoms with Crippen molar-refractivity contribution in [1.29, 1.82) is 0 Å². The molecule has 3 unspecified atom stereocenters. The fourth-order valence-electron chi connectivity index (χ4n) is 13.3. The van der Waals surface area contributed by atoms with Crippen LogP contribution in [-0.2, 0) is 38.8 Å². The molecule has 0 radical (unpaired) electrons. The van der Waals surface area contributed by atoms with Crippen LogP contribution in [0.5, 0.6) is 0 Å². The van der Waals surface area contributed by atoms with Gasteiger partial charge in [0.25, 0.3) is 0 Å². The number of hydrogen-bond acceptors (Lipinski definition) is 8. The summed E-state index contributed by atoms with van der Waals surface area (Å²) in [7, 11) is -8.79. The second kappa shape index (κ2) is 12.6. The molecule has 8 aliphatic carbocycles. The van der Waals surface area contributed by atoms with E-state index >= 15 is 0 Å². The third kappa shape index (κ3) is 6.23. The smallest absolute Gasteiger partial charge is 0.299 e. The Balaban J connectivity index is 0.000000157. The number of Topliss-reactive ketones (excluding diaryl/α,β-unsaturated/α-hetero) is 2. The van der Waals surface area contributed by atoms with Crippen LogP contribution in [0.3, 0.4) is 0 Å². The van der Waals surface area contributed by atoms with Crippen molar-refractivity contribution in [2.75, 3.05) is 0 Å². The lowest BCUT2D eigenvalue weighted by Crippen LogP contribution is -2.50. The van der Waals surface area contributed by atoms with Gasteiger partial charge in [0.1, 0.15) is 11.6 Å². The van der Waals surface area contributed by atoms with Crippen molar-refractivity contribution >= 4 is 32.4 Å². The second-order valence-corrected chi connectivity index (χ2v) is 20.2. The summed E-state index contributed by atoms with van der Waals surface area (Å²) >= 11 is 0. The van der Waals surface area contributed by atoms with Crippen molar-refractivity contribution < 1.29 is 43.9 Å². The Hall–Kier alpha value is -1.44. The molecule has 0 bridgehead atoms. The maximum absolute atomic E-state index is 12.4. The summed E-state index contributed by atoms with van der Waals surface area (Å²) in [6.45, 7) is 9.00. The van der Waals surface area contributed by atoms with Gasteiger partial charge in [-0.1, -0.05) is 51.0 Å². The first-order valence-electron chi connectivity index (χ1n) is 19.0. The minimum Gasteiger partial charge on any atom is -0.299 e. The van der Waals surface area contributed by atoms with Crippen molar-refractivity contribution in [1.82, 2.24) is 0 Å². The van der Waals surface area contributed by atoms with Crippen molar-refractivity contribution in [3.63, 3.8) is 0 Å². The zero-order valence-corrected chi connectivity index (χ0v) is 31.7. The summed E-state index contributed by atoms with van der Waals surface area (Å²) < 4.78 is 71.8. The SMILES string of the molecule is C[C@]12CC[C@H](OS(=O)(=O)O)CC1=CCC1C2CC[C@]2(C)C(=O)CCC12.C[C@]12CC[C@H](OS(=O)(=O)O)CC1=CC[C@@H]1[C@@H]2CC[C@]2(C)C(=O)CC[C@@H]12. The molecule has 0 aliphatic heterocycles. The summed E-state index contributed by atoms with van der Waals surface area (Å²) in [5.41, 5.74) is 2.51. The number of fused-ring (bicyclic) bond motifs is 10. The lowest BCUT2D eigenvalue weighted by molar-refractivity contribution is -0.132. The molecule has 12 atom stereocenters. The third-order valence-electron chi connectivity index (χ3n) is 16.1. The van der Waals surface area contributed by atoms with E-state index in [0.717, 1.165) is 77.0 Å². The first-order chi connectivity index (χ1) is 23.3. The van der Waals surface area contributed by atoms with E-state index in [2.05, 4.69) is 39.8 Å². The number of ketones is 2. The molecule has 0 aromatic rings. The van der Waals surface area contributed by atoms with Gasteiger partial charge in [0, 0.05) is 23.7 Å². The Labute approximate surface area is 298 Å². The summed E-state index contributed by atoms with van der Waals surface area (Å²) in [6.07, 6.45) is 17.6. The topological polar surface area (TPSA) is 161 Å². The van der Waals surface area contributed by atoms with Gasteiger partial charge in [0.2, 0.25) is 0 Å². The first-order valence-corrected chi connectivity index (χ1v) is 21.8. The third-order valence-corrected chi connectivity index (χ3v) is 17.1. The minimum absolute atomic E-state index is 0.0783. The molecule has 50 heavy (non-hydrogen) atoms. The number of allylic oxidation sites excluding steroid dienone is 2. The fraction of sp³-hybridized carbons (Fsp3) is 0.842. The Bertz CT molecular complexity index is 1580. The molecule has 6 fully saturated rings. The predicted molar refractivity (Wildman–Crippen MR) is 186 cm³/mol.